The highest BCUT2D eigenvalue weighted by Crippen LogP contribution is 2.13. The molecule has 7 heteroatoms. The third-order valence-electron chi connectivity index (χ3n) is 2.78. The number of benzene rings is 1. The van der Waals surface area contributed by atoms with Crippen molar-refractivity contribution in [1.82, 2.24) is 15.0 Å². The molecule has 1 unspecified atom stereocenters. The molecule has 0 bridgehead atoms. The average Bonchev–Trinajstić information content (AvgIpc) is 2.82. The van der Waals surface area contributed by atoms with Crippen LogP contribution in [0, 0.1) is 12.7 Å². The van der Waals surface area contributed by atoms with Crippen molar-refractivity contribution < 1.29 is 9.18 Å². The highest BCUT2D eigenvalue weighted by molar-refractivity contribution is 5.90. The van der Waals surface area contributed by atoms with Crippen LogP contribution in [-0.4, -0.2) is 20.9 Å². The Balaban J connectivity index is 1.99. The van der Waals surface area contributed by atoms with Gasteiger partial charge in [-0.1, -0.05) is 11.3 Å². The highest BCUT2D eigenvalue weighted by Gasteiger charge is 2.09. The summed E-state index contributed by atoms with van der Waals surface area (Å²) in [5, 5.41) is 10.3. The summed E-state index contributed by atoms with van der Waals surface area (Å²) in [5.74, 6) is -0.669. The molecule has 0 aliphatic rings. The van der Waals surface area contributed by atoms with Crippen LogP contribution in [0.1, 0.15) is 24.2 Å². The fourth-order valence-electron chi connectivity index (χ4n) is 1.62. The summed E-state index contributed by atoms with van der Waals surface area (Å²) in [6, 6.07) is 4.29. The van der Waals surface area contributed by atoms with Crippen LogP contribution in [0.3, 0.4) is 0 Å². The average molecular weight is 277 g/mol. The monoisotopic (exact) mass is 277 g/mol. The van der Waals surface area contributed by atoms with Crippen LogP contribution in [0.4, 0.5) is 10.1 Å². The lowest BCUT2D eigenvalue weighted by Crippen LogP contribution is -2.19. The number of halogens is 1. The molecule has 0 radical (unpaired) electrons. The highest BCUT2D eigenvalue weighted by atomic mass is 19.1. The third kappa shape index (κ3) is 3.39. The molecule has 1 amide bonds. The van der Waals surface area contributed by atoms with Crippen molar-refractivity contribution >= 4 is 11.6 Å². The van der Waals surface area contributed by atoms with Gasteiger partial charge in [-0.3, -0.25) is 4.79 Å². The molecule has 1 aromatic heterocycles. The van der Waals surface area contributed by atoms with Crippen molar-refractivity contribution in [2.45, 2.75) is 26.4 Å². The minimum absolute atomic E-state index is 0.00475. The standard InChI is InChI=1S/C13H16FN5O/c1-8-3-4-10(5-11(8)14)16-13(20)7-19-6-12(9(2)15)17-18-19/h3-6,9H,7,15H2,1-2H3,(H,16,20). The maximum Gasteiger partial charge on any atom is 0.246 e. The van der Waals surface area contributed by atoms with E-state index in [4.69, 9.17) is 5.73 Å². The van der Waals surface area contributed by atoms with Gasteiger partial charge in [0, 0.05) is 11.7 Å². The predicted molar refractivity (Wildman–Crippen MR) is 72.4 cm³/mol. The summed E-state index contributed by atoms with van der Waals surface area (Å²) in [6.45, 7) is 3.44. The van der Waals surface area contributed by atoms with Gasteiger partial charge in [0.1, 0.15) is 12.4 Å². The van der Waals surface area contributed by atoms with E-state index in [9.17, 15) is 9.18 Å². The van der Waals surface area contributed by atoms with Crippen molar-refractivity contribution in [1.29, 1.82) is 0 Å². The molecule has 1 aromatic carbocycles. The first kappa shape index (κ1) is 14.1. The SMILES string of the molecule is Cc1ccc(NC(=O)Cn2cc(C(C)N)nn2)cc1F. The quantitative estimate of drug-likeness (QED) is 0.884. The van der Waals surface area contributed by atoms with Gasteiger partial charge in [-0.25, -0.2) is 9.07 Å². The van der Waals surface area contributed by atoms with Gasteiger partial charge >= 0.3 is 0 Å². The van der Waals surface area contributed by atoms with Gasteiger partial charge in [-0.05, 0) is 31.5 Å². The number of nitrogens with one attached hydrogen (secondary N) is 1. The van der Waals surface area contributed by atoms with Crippen LogP contribution in [-0.2, 0) is 11.3 Å². The largest absolute Gasteiger partial charge is 0.324 e. The maximum atomic E-state index is 13.4. The molecule has 0 spiro atoms. The third-order valence-corrected chi connectivity index (χ3v) is 2.78. The van der Waals surface area contributed by atoms with Crippen molar-refractivity contribution in [2.75, 3.05) is 5.32 Å². The molecular formula is C13H16FN5O. The second kappa shape index (κ2) is 5.79. The van der Waals surface area contributed by atoms with Gasteiger partial charge in [0.15, 0.2) is 0 Å². The lowest BCUT2D eigenvalue weighted by atomic mass is 10.2. The van der Waals surface area contributed by atoms with E-state index in [1.807, 2.05) is 0 Å². The van der Waals surface area contributed by atoms with E-state index in [1.54, 1.807) is 32.2 Å². The normalized spacial score (nSPS) is 12.2. The zero-order chi connectivity index (χ0) is 14.7. The molecule has 1 atom stereocenters. The minimum atomic E-state index is -0.359. The molecule has 0 saturated heterocycles. The molecule has 0 fully saturated rings. The summed E-state index contributed by atoms with van der Waals surface area (Å²) in [4.78, 5) is 11.8. The van der Waals surface area contributed by atoms with Crippen molar-refractivity contribution in [3.8, 4) is 0 Å². The Bertz CT molecular complexity index is 623. The molecule has 2 rings (SSSR count). The number of rotatable bonds is 4. The Morgan fingerprint density at radius 2 is 2.30 bits per heavy atom. The van der Waals surface area contributed by atoms with Gasteiger partial charge in [0.25, 0.3) is 0 Å². The van der Waals surface area contributed by atoms with Crippen LogP contribution >= 0.6 is 0 Å². The number of hydrogen-bond acceptors (Lipinski definition) is 4. The van der Waals surface area contributed by atoms with Gasteiger partial charge in [-0.2, -0.15) is 0 Å². The van der Waals surface area contributed by atoms with Gasteiger partial charge < -0.3 is 11.1 Å². The number of amides is 1. The lowest BCUT2D eigenvalue weighted by molar-refractivity contribution is -0.116. The Hall–Kier alpha value is -2.28. The van der Waals surface area contributed by atoms with Crippen LogP contribution in [0.15, 0.2) is 24.4 Å². The summed E-state index contributed by atoms with van der Waals surface area (Å²) in [5.41, 5.74) is 7.20. The zero-order valence-corrected chi connectivity index (χ0v) is 11.3. The Morgan fingerprint density at radius 1 is 1.55 bits per heavy atom. The number of nitrogens with two attached hydrogens (primary N) is 1. The summed E-state index contributed by atoms with van der Waals surface area (Å²) in [7, 11) is 0. The molecule has 3 N–H and O–H groups in total. The molecule has 2 aromatic rings. The molecular weight excluding hydrogens is 261 g/mol. The Labute approximate surface area is 115 Å². The van der Waals surface area contributed by atoms with Crippen molar-refractivity contribution in [3.63, 3.8) is 0 Å². The van der Waals surface area contributed by atoms with E-state index in [0.29, 0.717) is 16.9 Å². The van der Waals surface area contributed by atoms with E-state index in [2.05, 4.69) is 15.6 Å². The number of carbonyl (C=O) groups excluding carboxylic acids is 1. The molecule has 20 heavy (non-hydrogen) atoms. The van der Waals surface area contributed by atoms with Crippen LogP contribution in [0.5, 0.6) is 0 Å². The molecule has 0 aliphatic heterocycles. The molecule has 0 saturated carbocycles. The second-order valence-electron chi connectivity index (χ2n) is 4.64. The topological polar surface area (TPSA) is 85.8 Å². The van der Waals surface area contributed by atoms with Gasteiger partial charge in [0.05, 0.1) is 11.9 Å². The van der Waals surface area contributed by atoms with Gasteiger partial charge in [-0.15, -0.1) is 5.10 Å². The summed E-state index contributed by atoms with van der Waals surface area (Å²) >= 11 is 0. The first-order chi connectivity index (χ1) is 9.45. The van der Waals surface area contributed by atoms with Crippen LogP contribution in [0.25, 0.3) is 0 Å². The van der Waals surface area contributed by atoms with E-state index in [1.165, 1.54) is 10.7 Å². The van der Waals surface area contributed by atoms with Crippen molar-refractivity contribution in [2.24, 2.45) is 5.73 Å². The summed E-state index contributed by atoms with van der Waals surface area (Å²) < 4.78 is 14.7. The molecule has 0 aliphatic carbocycles. The predicted octanol–water partition coefficient (Wildman–Crippen LogP) is 1.38. The molecule has 1 heterocycles. The summed E-state index contributed by atoms with van der Waals surface area (Å²) in [6.07, 6.45) is 1.61. The fourth-order valence-corrected chi connectivity index (χ4v) is 1.62. The zero-order valence-electron chi connectivity index (χ0n) is 11.3. The number of carbonyl (C=O) groups is 1. The maximum absolute atomic E-state index is 13.4. The number of nitrogens with zero attached hydrogens (tertiary/aromatic N) is 3. The van der Waals surface area contributed by atoms with Crippen LogP contribution < -0.4 is 11.1 Å². The van der Waals surface area contributed by atoms with Crippen molar-refractivity contribution in [3.05, 3.63) is 41.5 Å². The lowest BCUT2D eigenvalue weighted by Gasteiger charge is -2.06. The first-order valence-corrected chi connectivity index (χ1v) is 6.17. The first-order valence-electron chi connectivity index (χ1n) is 6.17. The van der Waals surface area contributed by atoms with Gasteiger partial charge in [0.2, 0.25) is 5.91 Å². The number of aromatic nitrogens is 3. The number of anilines is 1. The number of hydrogen-bond donors (Lipinski definition) is 2. The molecule has 106 valence electrons. The fraction of sp³-hybridized carbons (Fsp3) is 0.308. The van der Waals surface area contributed by atoms with E-state index in [0.717, 1.165) is 0 Å². The number of aryl methyl sites for hydroxylation is 1. The second-order valence-corrected chi connectivity index (χ2v) is 4.64. The molecule has 6 nitrogen and oxygen atoms in total. The van der Waals surface area contributed by atoms with E-state index in [-0.39, 0.29) is 24.3 Å². The smallest absolute Gasteiger partial charge is 0.246 e. The minimum Gasteiger partial charge on any atom is -0.324 e. The van der Waals surface area contributed by atoms with Crippen LogP contribution in [0.2, 0.25) is 0 Å². The van der Waals surface area contributed by atoms with E-state index >= 15 is 0 Å². The Kier molecular flexibility index (Phi) is 4.09. The van der Waals surface area contributed by atoms with E-state index < -0.39 is 0 Å². The Morgan fingerprint density at radius 3 is 2.90 bits per heavy atom.